The fraction of sp³-hybridized carbons (Fsp3) is 0.400. The average Bonchev–Trinajstić information content (AvgIpc) is 2.26. The van der Waals surface area contributed by atoms with Crippen LogP contribution in [-0.2, 0) is 0 Å². The van der Waals surface area contributed by atoms with Crippen LogP contribution in [0.1, 0.15) is 0 Å². The van der Waals surface area contributed by atoms with Gasteiger partial charge in [0.1, 0.15) is 18.1 Å². The third-order valence-corrected chi connectivity index (χ3v) is 3.12. The molecule has 0 heterocycles. The number of ether oxygens (including phenoxy) is 2. The molecule has 0 saturated carbocycles. The van der Waals surface area contributed by atoms with Gasteiger partial charge in [0.15, 0.2) is 0 Å². The Labute approximate surface area is 106 Å². The highest BCUT2D eigenvalue weighted by atomic mass is 79.9. The fourth-order valence-electron chi connectivity index (χ4n) is 0.956. The van der Waals surface area contributed by atoms with Crippen molar-refractivity contribution >= 4 is 31.9 Å². The minimum absolute atomic E-state index is 0.260. The van der Waals surface area contributed by atoms with Gasteiger partial charge in [0.05, 0.1) is 17.7 Å². The first kappa shape index (κ1) is 12.8. The molecule has 1 aromatic carbocycles. The van der Waals surface area contributed by atoms with Crippen molar-refractivity contribution in [1.82, 2.24) is 0 Å². The van der Waals surface area contributed by atoms with Gasteiger partial charge >= 0.3 is 0 Å². The first-order valence-electron chi connectivity index (χ1n) is 4.37. The van der Waals surface area contributed by atoms with E-state index in [9.17, 15) is 5.11 Å². The molecule has 1 atom stereocenters. The van der Waals surface area contributed by atoms with Crippen molar-refractivity contribution in [2.24, 2.45) is 0 Å². The number of rotatable bonds is 5. The molecule has 0 fully saturated rings. The lowest BCUT2D eigenvalue weighted by Gasteiger charge is -2.11. The van der Waals surface area contributed by atoms with Crippen molar-refractivity contribution in [3.8, 4) is 11.5 Å². The van der Waals surface area contributed by atoms with Gasteiger partial charge in [-0.3, -0.25) is 0 Å². The molecule has 1 unspecified atom stereocenters. The summed E-state index contributed by atoms with van der Waals surface area (Å²) in [5.74, 6) is 1.45. The number of alkyl halides is 1. The Hall–Kier alpha value is -0.260. The summed E-state index contributed by atoms with van der Waals surface area (Å²) < 4.78 is 11.3. The first-order chi connectivity index (χ1) is 7.17. The van der Waals surface area contributed by atoms with Crippen LogP contribution in [0.5, 0.6) is 11.5 Å². The SMILES string of the molecule is COc1ccc(OCC(O)CBr)c(Br)c1. The second kappa shape index (κ2) is 6.35. The molecule has 0 saturated heterocycles. The van der Waals surface area contributed by atoms with Crippen molar-refractivity contribution in [3.63, 3.8) is 0 Å². The molecule has 0 aliphatic heterocycles. The summed E-state index contributed by atoms with van der Waals surface area (Å²) in [7, 11) is 1.61. The Morgan fingerprint density at radius 2 is 2.20 bits per heavy atom. The minimum Gasteiger partial charge on any atom is -0.497 e. The van der Waals surface area contributed by atoms with Crippen molar-refractivity contribution in [1.29, 1.82) is 0 Å². The lowest BCUT2D eigenvalue weighted by Crippen LogP contribution is -2.18. The number of hydrogen-bond donors (Lipinski definition) is 1. The van der Waals surface area contributed by atoms with Gasteiger partial charge < -0.3 is 14.6 Å². The van der Waals surface area contributed by atoms with Crippen molar-refractivity contribution in [2.75, 3.05) is 19.0 Å². The van der Waals surface area contributed by atoms with Gasteiger partial charge in [-0.1, -0.05) is 15.9 Å². The molecule has 84 valence electrons. The number of methoxy groups -OCH3 is 1. The van der Waals surface area contributed by atoms with E-state index in [1.807, 2.05) is 6.07 Å². The van der Waals surface area contributed by atoms with E-state index in [4.69, 9.17) is 9.47 Å². The van der Waals surface area contributed by atoms with Gasteiger partial charge in [-0.25, -0.2) is 0 Å². The lowest BCUT2D eigenvalue weighted by molar-refractivity contribution is 0.127. The normalized spacial score (nSPS) is 12.3. The standard InChI is InChI=1S/C10H12Br2O3/c1-14-8-2-3-10(9(12)4-8)15-6-7(13)5-11/h2-4,7,13H,5-6H2,1H3. The van der Waals surface area contributed by atoms with Crippen LogP contribution in [0.4, 0.5) is 0 Å². The summed E-state index contributed by atoms with van der Waals surface area (Å²) in [6.07, 6.45) is -0.501. The van der Waals surface area contributed by atoms with Gasteiger partial charge in [0.2, 0.25) is 0 Å². The molecule has 0 aliphatic carbocycles. The zero-order chi connectivity index (χ0) is 11.3. The van der Waals surface area contributed by atoms with Crippen LogP contribution in [0.2, 0.25) is 0 Å². The first-order valence-corrected chi connectivity index (χ1v) is 6.29. The smallest absolute Gasteiger partial charge is 0.133 e. The van der Waals surface area contributed by atoms with E-state index in [1.165, 1.54) is 0 Å². The van der Waals surface area contributed by atoms with Gasteiger partial charge in [-0.2, -0.15) is 0 Å². The monoisotopic (exact) mass is 338 g/mol. The zero-order valence-corrected chi connectivity index (χ0v) is 11.4. The number of benzene rings is 1. The van der Waals surface area contributed by atoms with Crippen LogP contribution in [0.3, 0.4) is 0 Å². The highest BCUT2D eigenvalue weighted by Gasteiger charge is 2.06. The van der Waals surface area contributed by atoms with E-state index in [1.54, 1.807) is 19.2 Å². The van der Waals surface area contributed by atoms with E-state index in [0.29, 0.717) is 11.1 Å². The third kappa shape index (κ3) is 4.01. The van der Waals surface area contributed by atoms with E-state index in [0.717, 1.165) is 10.2 Å². The number of aliphatic hydroxyl groups is 1. The molecular formula is C10H12Br2O3. The molecule has 0 amide bonds. The average molecular weight is 340 g/mol. The van der Waals surface area contributed by atoms with Crippen molar-refractivity contribution in [3.05, 3.63) is 22.7 Å². The predicted molar refractivity (Wildman–Crippen MR) is 66.0 cm³/mol. The van der Waals surface area contributed by atoms with E-state index >= 15 is 0 Å². The number of hydrogen-bond acceptors (Lipinski definition) is 3. The maximum Gasteiger partial charge on any atom is 0.133 e. The highest BCUT2D eigenvalue weighted by Crippen LogP contribution is 2.29. The molecule has 5 heteroatoms. The maximum absolute atomic E-state index is 9.30. The van der Waals surface area contributed by atoms with Gasteiger partial charge in [-0.15, -0.1) is 0 Å². The molecule has 0 radical (unpaired) electrons. The largest absolute Gasteiger partial charge is 0.497 e. The summed E-state index contributed by atoms with van der Waals surface area (Å²) >= 11 is 6.53. The molecule has 1 rings (SSSR count). The minimum atomic E-state index is -0.501. The zero-order valence-electron chi connectivity index (χ0n) is 8.24. The molecule has 0 spiro atoms. The number of halogens is 2. The van der Waals surface area contributed by atoms with E-state index in [2.05, 4.69) is 31.9 Å². The molecule has 0 aliphatic rings. The maximum atomic E-state index is 9.30. The fourth-order valence-corrected chi connectivity index (χ4v) is 1.62. The molecule has 1 N–H and O–H groups in total. The molecular weight excluding hydrogens is 328 g/mol. The number of aliphatic hydroxyl groups excluding tert-OH is 1. The summed E-state index contributed by atoms with van der Waals surface area (Å²) in [6, 6.07) is 5.42. The molecule has 0 aromatic heterocycles. The Bertz CT molecular complexity index is 318. The Morgan fingerprint density at radius 1 is 1.47 bits per heavy atom. The Morgan fingerprint density at radius 3 is 2.73 bits per heavy atom. The predicted octanol–water partition coefficient (Wildman–Crippen LogP) is 2.59. The van der Waals surface area contributed by atoms with Crippen LogP contribution >= 0.6 is 31.9 Å². The van der Waals surface area contributed by atoms with E-state index < -0.39 is 6.10 Å². The topological polar surface area (TPSA) is 38.7 Å². The Balaban J connectivity index is 2.62. The van der Waals surface area contributed by atoms with Crippen molar-refractivity contribution in [2.45, 2.75) is 6.10 Å². The van der Waals surface area contributed by atoms with Gasteiger partial charge in [0.25, 0.3) is 0 Å². The van der Waals surface area contributed by atoms with E-state index in [-0.39, 0.29) is 6.61 Å². The van der Waals surface area contributed by atoms with Crippen LogP contribution < -0.4 is 9.47 Å². The molecule has 15 heavy (non-hydrogen) atoms. The summed E-state index contributed by atoms with van der Waals surface area (Å²) in [5, 5.41) is 9.80. The van der Waals surface area contributed by atoms with Gasteiger partial charge in [-0.05, 0) is 34.1 Å². The summed E-state index contributed by atoms with van der Waals surface area (Å²) in [6.45, 7) is 0.260. The lowest BCUT2D eigenvalue weighted by atomic mass is 10.3. The third-order valence-electron chi connectivity index (χ3n) is 1.75. The summed E-state index contributed by atoms with van der Waals surface area (Å²) in [4.78, 5) is 0. The molecule has 1 aromatic rings. The second-order valence-electron chi connectivity index (χ2n) is 2.92. The van der Waals surface area contributed by atoms with Crippen LogP contribution in [-0.4, -0.2) is 30.3 Å². The van der Waals surface area contributed by atoms with Crippen molar-refractivity contribution < 1.29 is 14.6 Å². The second-order valence-corrected chi connectivity index (χ2v) is 4.42. The molecule has 0 bridgehead atoms. The van der Waals surface area contributed by atoms with Gasteiger partial charge in [0, 0.05) is 5.33 Å². The quantitative estimate of drug-likeness (QED) is 0.838. The van der Waals surface area contributed by atoms with Crippen LogP contribution in [0.25, 0.3) is 0 Å². The van der Waals surface area contributed by atoms with Crippen LogP contribution in [0.15, 0.2) is 22.7 Å². The Kier molecular flexibility index (Phi) is 5.42. The van der Waals surface area contributed by atoms with Crippen LogP contribution in [0, 0.1) is 0 Å². The highest BCUT2D eigenvalue weighted by molar-refractivity contribution is 9.10. The summed E-state index contributed by atoms with van der Waals surface area (Å²) in [5.41, 5.74) is 0. The molecule has 3 nitrogen and oxygen atoms in total.